The summed E-state index contributed by atoms with van der Waals surface area (Å²) in [6.45, 7) is 7.45. The molecule has 9 heteroatoms. The molecule has 2 aromatic rings. The van der Waals surface area contributed by atoms with Gasteiger partial charge in [0.1, 0.15) is 5.60 Å². The lowest BCUT2D eigenvalue weighted by Crippen LogP contribution is -2.46. The van der Waals surface area contributed by atoms with Gasteiger partial charge in [-0.2, -0.15) is 0 Å². The number of hydrogen-bond donors (Lipinski definition) is 0. The van der Waals surface area contributed by atoms with Crippen LogP contribution in [-0.4, -0.2) is 57.0 Å². The zero-order chi connectivity index (χ0) is 22.3. The largest absolute Gasteiger partial charge is 0.444 e. The van der Waals surface area contributed by atoms with Gasteiger partial charge in [0, 0.05) is 37.9 Å². The van der Waals surface area contributed by atoms with Gasteiger partial charge in [-0.1, -0.05) is 6.08 Å². The van der Waals surface area contributed by atoms with Crippen LogP contribution in [0.4, 0.5) is 4.79 Å². The van der Waals surface area contributed by atoms with Gasteiger partial charge in [0.05, 0.1) is 18.7 Å². The highest BCUT2D eigenvalue weighted by Gasteiger charge is 2.29. The summed E-state index contributed by atoms with van der Waals surface area (Å²) < 4.78 is 13.7. The van der Waals surface area contributed by atoms with Crippen LogP contribution in [0.5, 0.6) is 0 Å². The van der Waals surface area contributed by atoms with Gasteiger partial charge in [0.15, 0.2) is 5.65 Å². The fourth-order valence-corrected chi connectivity index (χ4v) is 4.07. The van der Waals surface area contributed by atoms with E-state index in [0.29, 0.717) is 50.3 Å². The third-order valence-electron chi connectivity index (χ3n) is 5.70. The maximum Gasteiger partial charge on any atom is 0.410 e. The Balaban J connectivity index is 1.66. The lowest BCUT2D eigenvalue weighted by molar-refractivity contribution is 0.0188. The standard InChI is InChI=1S/C22H28N4O5/c1-22(2,3)31-21(29)25-8-5-16(6-9-25)26-18-17(24(4)19(27)20(26)28)11-15(12-23-18)14-7-10-30-13-14/h7,11-12,16H,5-6,8-10,13H2,1-4H3. The first-order valence-corrected chi connectivity index (χ1v) is 10.5. The zero-order valence-corrected chi connectivity index (χ0v) is 18.4. The molecule has 2 aliphatic rings. The Kier molecular flexibility index (Phi) is 5.47. The summed E-state index contributed by atoms with van der Waals surface area (Å²) in [5.41, 5.74) is 1.24. The van der Waals surface area contributed by atoms with Gasteiger partial charge in [0.2, 0.25) is 0 Å². The minimum absolute atomic E-state index is 0.213. The van der Waals surface area contributed by atoms with Gasteiger partial charge in [-0.05, 0) is 45.3 Å². The minimum Gasteiger partial charge on any atom is -0.444 e. The first-order chi connectivity index (χ1) is 14.7. The molecule has 0 aliphatic carbocycles. The highest BCUT2D eigenvalue weighted by molar-refractivity contribution is 5.78. The van der Waals surface area contributed by atoms with E-state index in [1.165, 1.54) is 9.13 Å². The number of carbonyl (C=O) groups is 1. The Labute approximate surface area is 179 Å². The molecule has 166 valence electrons. The predicted octanol–water partition coefficient (Wildman–Crippen LogP) is 2.08. The van der Waals surface area contributed by atoms with E-state index in [-0.39, 0.29) is 12.1 Å². The van der Waals surface area contributed by atoms with Crippen molar-refractivity contribution in [2.45, 2.75) is 45.3 Å². The number of aromatic nitrogens is 3. The van der Waals surface area contributed by atoms with E-state index >= 15 is 0 Å². The molecule has 0 radical (unpaired) electrons. The van der Waals surface area contributed by atoms with Gasteiger partial charge in [-0.25, -0.2) is 9.78 Å². The number of fused-ring (bicyclic) bond motifs is 1. The topological polar surface area (TPSA) is 95.7 Å². The minimum atomic E-state index is -0.589. The predicted molar refractivity (Wildman–Crippen MR) is 116 cm³/mol. The molecule has 2 aromatic heterocycles. The third-order valence-corrected chi connectivity index (χ3v) is 5.70. The number of rotatable bonds is 2. The van der Waals surface area contributed by atoms with E-state index in [4.69, 9.17) is 9.47 Å². The summed E-state index contributed by atoms with van der Waals surface area (Å²) in [5, 5.41) is 0. The number of likely N-dealkylation sites (tertiary alicyclic amines) is 1. The molecule has 0 atom stereocenters. The van der Waals surface area contributed by atoms with Crippen molar-refractivity contribution in [1.29, 1.82) is 0 Å². The van der Waals surface area contributed by atoms with E-state index in [9.17, 15) is 14.4 Å². The van der Waals surface area contributed by atoms with Crippen molar-refractivity contribution in [3.05, 3.63) is 44.6 Å². The molecule has 0 spiro atoms. The van der Waals surface area contributed by atoms with Gasteiger partial charge in [-0.15, -0.1) is 0 Å². The quantitative estimate of drug-likeness (QED) is 0.680. The van der Waals surface area contributed by atoms with E-state index < -0.39 is 16.7 Å². The van der Waals surface area contributed by atoms with Crippen LogP contribution >= 0.6 is 0 Å². The monoisotopic (exact) mass is 428 g/mol. The summed E-state index contributed by atoms with van der Waals surface area (Å²) >= 11 is 0. The Morgan fingerprint density at radius 2 is 1.90 bits per heavy atom. The van der Waals surface area contributed by atoms with Crippen molar-refractivity contribution < 1.29 is 14.3 Å². The Morgan fingerprint density at radius 3 is 2.52 bits per heavy atom. The highest BCUT2D eigenvalue weighted by Crippen LogP contribution is 2.26. The van der Waals surface area contributed by atoms with Crippen molar-refractivity contribution in [2.75, 3.05) is 26.3 Å². The maximum absolute atomic E-state index is 12.9. The Hall–Kier alpha value is -2.94. The molecule has 1 saturated heterocycles. The second-order valence-electron chi connectivity index (χ2n) is 9.05. The summed E-state index contributed by atoms with van der Waals surface area (Å²) in [6, 6.07) is 1.67. The number of amides is 1. The maximum atomic E-state index is 12.9. The number of aryl methyl sites for hydroxylation is 1. The van der Waals surface area contributed by atoms with Gasteiger partial charge in [-0.3, -0.25) is 14.2 Å². The van der Waals surface area contributed by atoms with Crippen LogP contribution in [0.2, 0.25) is 0 Å². The summed E-state index contributed by atoms with van der Waals surface area (Å²) in [5.74, 6) is 0. The smallest absolute Gasteiger partial charge is 0.410 e. The van der Waals surface area contributed by atoms with E-state index in [0.717, 1.165) is 11.1 Å². The summed E-state index contributed by atoms with van der Waals surface area (Å²) in [7, 11) is 1.59. The van der Waals surface area contributed by atoms with Crippen LogP contribution in [0.3, 0.4) is 0 Å². The van der Waals surface area contributed by atoms with Crippen LogP contribution < -0.4 is 11.1 Å². The van der Waals surface area contributed by atoms with Gasteiger partial charge >= 0.3 is 17.2 Å². The van der Waals surface area contributed by atoms with E-state index in [1.807, 2.05) is 32.9 Å². The van der Waals surface area contributed by atoms with Crippen molar-refractivity contribution in [3.63, 3.8) is 0 Å². The summed E-state index contributed by atoms with van der Waals surface area (Å²) in [6.07, 6.45) is 4.44. The molecule has 9 nitrogen and oxygen atoms in total. The number of ether oxygens (including phenoxy) is 2. The van der Waals surface area contributed by atoms with E-state index in [2.05, 4.69) is 4.98 Å². The van der Waals surface area contributed by atoms with Crippen LogP contribution in [0.1, 0.15) is 45.2 Å². The van der Waals surface area contributed by atoms with Crippen LogP contribution in [0, 0.1) is 0 Å². The fourth-order valence-electron chi connectivity index (χ4n) is 4.07. The van der Waals surface area contributed by atoms with Gasteiger partial charge < -0.3 is 18.9 Å². The van der Waals surface area contributed by atoms with Crippen LogP contribution in [0.25, 0.3) is 16.7 Å². The molecular formula is C22H28N4O5. The number of nitrogens with zero attached hydrogens (tertiary/aromatic N) is 4. The van der Waals surface area contributed by atoms with Crippen molar-refractivity contribution >= 4 is 22.8 Å². The normalized spacial score (nSPS) is 17.8. The SMILES string of the molecule is Cn1c(=O)c(=O)n(C2CCN(C(=O)OC(C)(C)C)CC2)c2ncc(C3=CCOC3)cc21. The molecule has 31 heavy (non-hydrogen) atoms. The van der Waals surface area contributed by atoms with Crippen molar-refractivity contribution in [2.24, 2.45) is 7.05 Å². The molecule has 4 heterocycles. The number of hydrogen-bond acceptors (Lipinski definition) is 6. The summed E-state index contributed by atoms with van der Waals surface area (Å²) in [4.78, 5) is 44.2. The molecule has 1 fully saturated rings. The first kappa shape index (κ1) is 21.3. The van der Waals surface area contributed by atoms with Crippen molar-refractivity contribution in [3.8, 4) is 0 Å². The average molecular weight is 428 g/mol. The van der Waals surface area contributed by atoms with Crippen LogP contribution in [0.15, 0.2) is 27.9 Å². The Bertz CT molecular complexity index is 1160. The average Bonchev–Trinajstić information content (AvgIpc) is 3.26. The fraction of sp³-hybridized carbons (Fsp3) is 0.545. The molecule has 0 bridgehead atoms. The van der Waals surface area contributed by atoms with Gasteiger partial charge in [0.25, 0.3) is 0 Å². The molecule has 0 unspecified atom stereocenters. The first-order valence-electron chi connectivity index (χ1n) is 10.5. The molecule has 4 rings (SSSR count). The molecule has 0 saturated carbocycles. The second kappa shape index (κ2) is 7.96. The van der Waals surface area contributed by atoms with Crippen molar-refractivity contribution in [1.82, 2.24) is 19.0 Å². The third kappa shape index (κ3) is 4.14. The number of piperidine rings is 1. The lowest BCUT2D eigenvalue weighted by Gasteiger charge is -2.34. The molecule has 1 amide bonds. The molecule has 2 aliphatic heterocycles. The highest BCUT2D eigenvalue weighted by atomic mass is 16.6. The van der Waals surface area contributed by atoms with E-state index in [1.54, 1.807) is 18.1 Å². The lowest BCUT2D eigenvalue weighted by atomic mass is 10.0. The number of pyridine rings is 1. The Morgan fingerprint density at radius 1 is 1.19 bits per heavy atom. The molecule has 0 aromatic carbocycles. The second-order valence-corrected chi connectivity index (χ2v) is 9.05. The zero-order valence-electron chi connectivity index (χ0n) is 18.4. The number of carbonyl (C=O) groups excluding carboxylic acids is 1. The molecule has 0 N–H and O–H groups in total. The van der Waals surface area contributed by atoms with Crippen LogP contribution in [-0.2, 0) is 16.5 Å². The molecular weight excluding hydrogens is 400 g/mol.